The van der Waals surface area contributed by atoms with Crippen LogP contribution in [-0.2, 0) is 14.6 Å². The van der Waals surface area contributed by atoms with Crippen LogP contribution in [0.4, 0.5) is 4.79 Å². The number of carbonyl (C=O) groups is 2. The molecule has 0 heterocycles. The summed E-state index contributed by atoms with van der Waals surface area (Å²) in [6.07, 6.45) is 0. The maximum Gasteiger partial charge on any atom is 0.318 e. The quantitative estimate of drug-likeness (QED) is 0.791. The number of rotatable bonds is 3. The van der Waals surface area contributed by atoms with Crippen molar-refractivity contribution in [2.75, 3.05) is 5.75 Å². The third-order valence-corrected chi connectivity index (χ3v) is 3.60. The van der Waals surface area contributed by atoms with Gasteiger partial charge in [-0.3, -0.25) is 10.1 Å². The molecule has 0 aliphatic carbocycles. The first kappa shape index (κ1) is 13.2. The van der Waals surface area contributed by atoms with Gasteiger partial charge in [-0.1, -0.05) is 17.7 Å². The minimum atomic E-state index is -3.74. The first-order chi connectivity index (χ1) is 7.81. The van der Waals surface area contributed by atoms with Gasteiger partial charge in [-0.25, -0.2) is 13.2 Å². The predicted molar refractivity (Wildman–Crippen MR) is 61.0 cm³/mol. The van der Waals surface area contributed by atoms with Gasteiger partial charge in [-0.2, -0.15) is 0 Å². The molecule has 0 aliphatic rings. The molecule has 0 saturated carbocycles. The smallest absolute Gasteiger partial charge is 0.318 e. The van der Waals surface area contributed by atoms with E-state index in [0.717, 1.165) is 5.56 Å². The highest BCUT2D eigenvalue weighted by molar-refractivity contribution is 7.92. The molecule has 0 saturated heterocycles. The Kier molecular flexibility index (Phi) is 3.84. The fourth-order valence-electron chi connectivity index (χ4n) is 1.18. The molecule has 1 aromatic rings. The second kappa shape index (κ2) is 4.96. The average molecular weight is 256 g/mol. The van der Waals surface area contributed by atoms with E-state index in [9.17, 15) is 18.0 Å². The van der Waals surface area contributed by atoms with Crippen LogP contribution in [0, 0.1) is 6.92 Å². The van der Waals surface area contributed by atoms with Gasteiger partial charge in [0.05, 0.1) is 4.90 Å². The van der Waals surface area contributed by atoms with Gasteiger partial charge in [0.2, 0.25) is 5.91 Å². The molecular formula is C10H12N2O4S. The summed E-state index contributed by atoms with van der Waals surface area (Å²) in [5.74, 6) is -1.75. The van der Waals surface area contributed by atoms with Crippen LogP contribution >= 0.6 is 0 Å². The molecule has 0 aliphatic heterocycles. The van der Waals surface area contributed by atoms with E-state index in [-0.39, 0.29) is 4.90 Å². The van der Waals surface area contributed by atoms with Gasteiger partial charge in [-0.05, 0) is 19.1 Å². The van der Waals surface area contributed by atoms with E-state index < -0.39 is 27.5 Å². The molecule has 1 rings (SSSR count). The molecule has 6 nitrogen and oxygen atoms in total. The molecule has 3 amide bonds. The maximum atomic E-state index is 11.7. The van der Waals surface area contributed by atoms with E-state index in [1.807, 2.05) is 6.92 Å². The largest absolute Gasteiger partial charge is 0.351 e. The van der Waals surface area contributed by atoms with Crippen molar-refractivity contribution in [3.8, 4) is 0 Å². The number of amides is 3. The van der Waals surface area contributed by atoms with E-state index in [1.165, 1.54) is 12.1 Å². The third-order valence-electron chi connectivity index (χ3n) is 1.96. The topological polar surface area (TPSA) is 106 Å². The molecule has 0 unspecified atom stereocenters. The lowest BCUT2D eigenvalue weighted by Gasteiger charge is -2.04. The number of hydrogen-bond donors (Lipinski definition) is 2. The van der Waals surface area contributed by atoms with Crippen molar-refractivity contribution in [2.45, 2.75) is 11.8 Å². The molecule has 0 aromatic heterocycles. The number of nitrogens with one attached hydrogen (secondary N) is 1. The number of benzene rings is 1. The maximum absolute atomic E-state index is 11.7. The first-order valence-electron chi connectivity index (χ1n) is 4.70. The van der Waals surface area contributed by atoms with Crippen molar-refractivity contribution in [1.82, 2.24) is 5.32 Å². The summed E-state index contributed by atoms with van der Waals surface area (Å²) >= 11 is 0. The van der Waals surface area contributed by atoms with Crippen molar-refractivity contribution in [2.24, 2.45) is 5.73 Å². The number of imide groups is 1. The molecule has 0 bridgehead atoms. The number of nitrogens with two attached hydrogens (primary N) is 1. The minimum Gasteiger partial charge on any atom is -0.351 e. The molecule has 92 valence electrons. The Hall–Kier alpha value is -1.89. The van der Waals surface area contributed by atoms with Crippen molar-refractivity contribution in [1.29, 1.82) is 0 Å². The zero-order valence-electron chi connectivity index (χ0n) is 9.14. The lowest BCUT2D eigenvalue weighted by Crippen LogP contribution is -2.38. The Morgan fingerprint density at radius 2 is 1.76 bits per heavy atom. The highest BCUT2D eigenvalue weighted by Crippen LogP contribution is 2.11. The number of urea groups is 1. The molecular weight excluding hydrogens is 244 g/mol. The van der Waals surface area contributed by atoms with E-state index >= 15 is 0 Å². The van der Waals surface area contributed by atoms with Gasteiger partial charge in [-0.15, -0.1) is 0 Å². The van der Waals surface area contributed by atoms with Crippen LogP contribution in [0.1, 0.15) is 5.56 Å². The Labute approximate surface area is 98.7 Å². The average Bonchev–Trinajstić information content (AvgIpc) is 2.15. The summed E-state index contributed by atoms with van der Waals surface area (Å²) in [7, 11) is -3.74. The molecule has 0 fully saturated rings. The normalized spacial score (nSPS) is 10.9. The molecule has 1 aromatic carbocycles. The van der Waals surface area contributed by atoms with Gasteiger partial charge in [0.15, 0.2) is 9.84 Å². The van der Waals surface area contributed by atoms with Gasteiger partial charge >= 0.3 is 6.03 Å². The lowest BCUT2D eigenvalue weighted by atomic mass is 10.2. The van der Waals surface area contributed by atoms with E-state index in [1.54, 1.807) is 17.4 Å². The standard InChI is InChI=1S/C10H12N2O4S/c1-7-2-4-8(5-3-7)17(15,16)6-9(13)12-10(11)14/h2-5H,6H2,1H3,(H3,11,12,13,14). The summed E-state index contributed by atoms with van der Waals surface area (Å²) in [6, 6.07) is 4.98. The molecule has 0 radical (unpaired) electrons. The van der Waals surface area contributed by atoms with Gasteiger partial charge in [0.1, 0.15) is 5.75 Å². The Morgan fingerprint density at radius 1 is 1.24 bits per heavy atom. The Bertz CT molecular complexity index is 534. The molecule has 0 spiro atoms. The molecule has 0 atom stereocenters. The number of sulfone groups is 1. The number of aryl methyl sites for hydroxylation is 1. The minimum absolute atomic E-state index is 0.0303. The Balaban J connectivity index is 2.86. The van der Waals surface area contributed by atoms with Crippen LogP contribution in [0.5, 0.6) is 0 Å². The van der Waals surface area contributed by atoms with Crippen LogP contribution in [0.2, 0.25) is 0 Å². The van der Waals surface area contributed by atoms with Crippen LogP contribution in [0.15, 0.2) is 29.2 Å². The highest BCUT2D eigenvalue weighted by atomic mass is 32.2. The van der Waals surface area contributed by atoms with Gasteiger partial charge in [0, 0.05) is 0 Å². The monoisotopic (exact) mass is 256 g/mol. The summed E-state index contributed by atoms with van der Waals surface area (Å²) < 4.78 is 23.4. The van der Waals surface area contributed by atoms with E-state index in [2.05, 4.69) is 0 Å². The van der Waals surface area contributed by atoms with Gasteiger partial charge in [0.25, 0.3) is 0 Å². The zero-order chi connectivity index (χ0) is 13.1. The van der Waals surface area contributed by atoms with Crippen molar-refractivity contribution in [3.63, 3.8) is 0 Å². The lowest BCUT2D eigenvalue weighted by molar-refractivity contribution is -0.117. The molecule has 17 heavy (non-hydrogen) atoms. The van der Waals surface area contributed by atoms with Crippen molar-refractivity contribution in [3.05, 3.63) is 29.8 Å². The van der Waals surface area contributed by atoms with Crippen LogP contribution in [-0.4, -0.2) is 26.1 Å². The Morgan fingerprint density at radius 3 is 2.24 bits per heavy atom. The summed E-state index contributed by atoms with van der Waals surface area (Å²) in [6.45, 7) is 1.82. The summed E-state index contributed by atoms with van der Waals surface area (Å²) in [4.78, 5) is 21.5. The second-order valence-corrected chi connectivity index (χ2v) is 5.47. The highest BCUT2D eigenvalue weighted by Gasteiger charge is 2.19. The van der Waals surface area contributed by atoms with Crippen LogP contribution < -0.4 is 11.1 Å². The fraction of sp³-hybridized carbons (Fsp3) is 0.200. The number of carbonyl (C=O) groups excluding carboxylic acids is 2. The van der Waals surface area contributed by atoms with E-state index in [0.29, 0.717) is 0 Å². The first-order valence-corrected chi connectivity index (χ1v) is 6.35. The summed E-state index contributed by atoms with van der Waals surface area (Å²) in [5, 5.41) is 1.70. The molecule has 3 N–H and O–H groups in total. The van der Waals surface area contributed by atoms with E-state index in [4.69, 9.17) is 5.73 Å². The second-order valence-electron chi connectivity index (χ2n) is 3.48. The summed E-state index contributed by atoms with van der Waals surface area (Å²) in [5.41, 5.74) is 5.61. The fourth-order valence-corrected chi connectivity index (χ4v) is 2.31. The molecule has 7 heteroatoms. The third kappa shape index (κ3) is 3.87. The van der Waals surface area contributed by atoms with Crippen LogP contribution in [0.3, 0.4) is 0 Å². The number of primary amides is 1. The van der Waals surface area contributed by atoms with Crippen LogP contribution in [0.25, 0.3) is 0 Å². The van der Waals surface area contributed by atoms with Crippen molar-refractivity contribution >= 4 is 21.8 Å². The SMILES string of the molecule is Cc1ccc(S(=O)(=O)CC(=O)NC(N)=O)cc1. The van der Waals surface area contributed by atoms with Gasteiger partial charge < -0.3 is 5.73 Å². The number of hydrogen-bond acceptors (Lipinski definition) is 4. The predicted octanol–water partition coefficient (Wildman–Crippen LogP) is -0.0364. The van der Waals surface area contributed by atoms with Crippen molar-refractivity contribution < 1.29 is 18.0 Å². The zero-order valence-corrected chi connectivity index (χ0v) is 9.95.